The maximum atomic E-state index is 13.0. The fourth-order valence-electron chi connectivity index (χ4n) is 3.30. The van der Waals surface area contributed by atoms with Gasteiger partial charge in [-0.25, -0.2) is 8.42 Å². The van der Waals surface area contributed by atoms with Crippen molar-refractivity contribution in [3.63, 3.8) is 0 Å². The molecule has 1 aliphatic heterocycles. The summed E-state index contributed by atoms with van der Waals surface area (Å²) >= 11 is 0. The van der Waals surface area contributed by atoms with Crippen molar-refractivity contribution in [1.29, 1.82) is 0 Å². The third-order valence-electron chi connectivity index (χ3n) is 5.00. The topological polar surface area (TPSA) is 95.5 Å². The highest BCUT2D eigenvalue weighted by Crippen LogP contribution is 2.50. The van der Waals surface area contributed by atoms with Crippen LogP contribution in [0, 0.1) is 0 Å². The number of carbonyl (C=O) groups is 1. The first-order chi connectivity index (χ1) is 14.6. The van der Waals surface area contributed by atoms with Crippen molar-refractivity contribution in [3.8, 4) is 0 Å². The average molecular weight is 519 g/mol. The van der Waals surface area contributed by atoms with E-state index in [0.29, 0.717) is 23.3 Å². The van der Waals surface area contributed by atoms with Crippen molar-refractivity contribution in [2.75, 3.05) is 11.6 Å². The lowest BCUT2D eigenvalue weighted by Crippen LogP contribution is -2.53. The zero-order valence-electron chi connectivity index (χ0n) is 16.6. The van der Waals surface area contributed by atoms with Gasteiger partial charge >= 0.3 is 12.4 Å². The molecule has 0 fully saturated rings. The van der Waals surface area contributed by atoms with Gasteiger partial charge in [0.1, 0.15) is 6.04 Å². The van der Waals surface area contributed by atoms with E-state index in [9.17, 15) is 44.7 Å². The number of hydrogen-bond acceptors (Lipinski definition) is 5. The van der Waals surface area contributed by atoms with E-state index in [1.165, 1.54) is 18.2 Å². The Bertz CT molecular complexity index is 1140. The van der Waals surface area contributed by atoms with E-state index >= 15 is 0 Å². The summed E-state index contributed by atoms with van der Waals surface area (Å²) in [7, 11) is -3.46. The van der Waals surface area contributed by atoms with Crippen molar-refractivity contribution < 1.29 is 44.7 Å². The predicted molar refractivity (Wildman–Crippen MR) is 107 cm³/mol. The molecule has 0 bridgehead atoms. The molecule has 3 N–H and O–H groups in total. The van der Waals surface area contributed by atoms with Crippen LogP contribution in [0.15, 0.2) is 47.4 Å². The molecule has 33 heavy (non-hydrogen) atoms. The standard InChI is InChI=1S/C19H16F6N2O4S.ClH/c1-32(30,31)13-6-7-14-10(8-13)9-26-15(14)16(28)27-12-4-2-11(3-5-12)17(29,18(20,21)22)19(23,24)25;/h2-8,15,26,29H,9H2,1H3,(H,27,28);1H/t15-;/m1./s1. The normalized spacial score (nSPS) is 16.7. The molecule has 182 valence electrons. The summed E-state index contributed by atoms with van der Waals surface area (Å²) in [5.74, 6) is -0.662. The van der Waals surface area contributed by atoms with E-state index in [1.54, 1.807) is 0 Å². The molecule has 2 aromatic carbocycles. The molecule has 14 heteroatoms. The van der Waals surface area contributed by atoms with Crippen LogP contribution in [0.3, 0.4) is 0 Å². The van der Waals surface area contributed by atoms with E-state index in [4.69, 9.17) is 0 Å². The molecule has 3 rings (SSSR count). The molecule has 0 saturated heterocycles. The van der Waals surface area contributed by atoms with Gasteiger partial charge in [-0.05, 0) is 35.4 Å². The number of alkyl halides is 6. The van der Waals surface area contributed by atoms with Gasteiger partial charge in [0.25, 0.3) is 5.60 Å². The minimum atomic E-state index is -6.02. The van der Waals surface area contributed by atoms with Gasteiger partial charge in [0.15, 0.2) is 9.84 Å². The summed E-state index contributed by atoms with van der Waals surface area (Å²) in [4.78, 5) is 12.6. The number of fused-ring (bicyclic) bond motifs is 1. The van der Waals surface area contributed by atoms with E-state index in [-0.39, 0.29) is 29.5 Å². The van der Waals surface area contributed by atoms with E-state index < -0.39 is 45.3 Å². The summed E-state index contributed by atoms with van der Waals surface area (Å²) in [6, 6.07) is 5.72. The number of carbonyl (C=O) groups excluding carboxylic acids is 1. The molecule has 0 radical (unpaired) electrons. The highest BCUT2D eigenvalue weighted by atomic mass is 35.5. The number of sulfone groups is 1. The molecule has 0 saturated carbocycles. The number of aliphatic hydroxyl groups is 1. The Balaban J connectivity index is 0.00000385. The van der Waals surface area contributed by atoms with Crippen molar-refractivity contribution >= 4 is 33.8 Å². The van der Waals surface area contributed by atoms with Crippen LogP contribution < -0.4 is 10.6 Å². The lowest BCUT2D eigenvalue weighted by Gasteiger charge is -2.32. The van der Waals surface area contributed by atoms with Crippen LogP contribution in [0.1, 0.15) is 22.7 Å². The summed E-state index contributed by atoms with van der Waals surface area (Å²) in [6.45, 7) is 0.180. The van der Waals surface area contributed by atoms with Gasteiger partial charge in [0.05, 0.1) is 4.90 Å². The zero-order valence-corrected chi connectivity index (χ0v) is 18.2. The molecular weight excluding hydrogens is 502 g/mol. The van der Waals surface area contributed by atoms with Crippen LogP contribution in [0.5, 0.6) is 0 Å². The first kappa shape index (κ1) is 26.9. The van der Waals surface area contributed by atoms with E-state index in [0.717, 1.165) is 18.4 Å². The van der Waals surface area contributed by atoms with Crippen LogP contribution in [0.4, 0.5) is 32.0 Å². The van der Waals surface area contributed by atoms with Crippen molar-refractivity contribution in [3.05, 3.63) is 59.2 Å². The quantitative estimate of drug-likeness (QED) is 0.538. The molecular formula is C19H17ClF6N2O4S. The first-order valence-corrected chi connectivity index (χ1v) is 10.8. The molecule has 1 amide bonds. The number of anilines is 1. The van der Waals surface area contributed by atoms with Gasteiger partial charge in [0, 0.05) is 24.1 Å². The highest BCUT2D eigenvalue weighted by Gasteiger charge is 2.71. The number of halogens is 7. The summed E-state index contributed by atoms with van der Waals surface area (Å²) in [5, 5.41) is 14.6. The van der Waals surface area contributed by atoms with Gasteiger partial charge in [0.2, 0.25) is 5.91 Å². The maximum absolute atomic E-state index is 13.0. The van der Waals surface area contributed by atoms with Crippen molar-refractivity contribution in [1.82, 2.24) is 5.32 Å². The molecule has 1 heterocycles. The minimum absolute atomic E-state index is 0. The fourth-order valence-corrected chi connectivity index (χ4v) is 3.97. The van der Waals surface area contributed by atoms with Crippen LogP contribution in [0.25, 0.3) is 0 Å². The lowest BCUT2D eigenvalue weighted by atomic mass is 9.92. The number of nitrogens with one attached hydrogen (secondary N) is 2. The Labute approximate surface area is 190 Å². The van der Waals surface area contributed by atoms with Gasteiger partial charge in [-0.15, -0.1) is 12.4 Å². The average Bonchev–Trinajstić information content (AvgIpc) is 3.09. The zero-order chi connectivity index (χ0) is 24.1. The number of amides is 1. The van der Waals surface area contributed by atoms with Gasteiger partial charge in [-0.1, -0.05) is 18.2 Å². The molecule has 0 spiro atoms. The summed E-state index contributed by atoms with van der Waals surface area (Å²) in [5.41, 5.74) is -5.58. The second kappa shape index (κ2) is 8.78. The van der Waals surface area contributed by atoms with Gasteiger partial charge < -0.3 is 10.4 Å². The highest BCUT2D eigenvalue weighted by molar-refractivity contribution is 7.90. The molecule has 0 aliphatic carbocycles. The SMILES string of the molecule is CS(=O)(=O)c1ccc2c(c1)CN[C@H]2C(=O)Nc1ccc(C(O)(C(F)(F)F)C(F)(F)F)cc1.Cl. The third kappa shape index (κ3) is 4.95. The predicted octanol–water partition coefficient (Wildman–Crippen LogP) is 3.61. The Morgan fingerprint density at radius 2 is 1.58 bits per heavy atom. The molecule has 1 aliphatic rings. The summed E-state index contributed by atoms with van der Waals surface area (Å²) < 4.78 is 101. The third-order valence-corrected chi connectivity index (χ3v) is 6.11. The van der Waals surface area contributed by atoms with Crippen molar-refractivity contribution in [2.45, 2.75) is 35.4 Å². The lowest BCUT2D eigenvalue weighted by molar-refractivity contribution is -0.376. The van der Waals surface area contributed by atoms with E-state index in [2.05, 4.69) is 10.6 Å². The first-order valence-electron chi connectivity index (χ1n) is 8.89. The second-order valence-electron chi connectivity index (χ2n) is 7.22. The molecule has 0 unspecified atom stereocenters. The summed E-state index contributed by atoms with van der Waals surface area (Å²) in [6.07, 6.45) is -11.0. The Hall–Kier alpha value is -2.35. The molecule has 2 aromatic rings. The molecule has 0 aromatic heterocycles. The van der Waals surface area contributed by atoms with Gasteiger partial charge in [-0.2, -0.15) is 26.3 Å². The minimum Gasteiger partial charge on any atom is -0.369 e. The Morgan fingerprint density at radius 1 is 1.03 bits per heavy atom. The Morgan fingerprint density at radius 3 is 2.06 bits per heavy atom. The molecule has 6 nitrogen and oxygen atoms in total. The molecule has 1 atom stereocenters. The monoisotopic (exact) mass is 518 g/mol. The largest absolute Gasteiger partial charge is 0.430 e. The fraction of sp³-hybridized carbons (Fsp3) is 0.316. The van der Waals surface area contributed by atoms with Crippen LogP contribution >= 0.6 is 12.4 Å². The maximum Gasteiger partial charge on any atom is 0.430 e. The van der Waals surface area contributed by atoms with Crippen molar-refractivity contribution in [2.24, 2.45) is 0 Å². The van der Waals surface area contributed by atoms with Crippen LogP contribution in [-0.4, -0.2) is 38.0 Å². The van der Waals surface area contributed by atoms with Gasteiger partial charge in [-0.3, -0.25) is 10.1 Å². The van der Waals surface area contributed by atoms with E-state index in [1.807, 2.05) is 0 Å². The van der Waals surface area contributed by atoms with Crippen LogP contribution in [-0.2, 0) is 26.8 Å². The number of rotatable bonds is 4. The Kier molecular flexibility index (Phi) is 7.16. The number of hydrogen-bond donors (Lipinski definition) is 3. The smallest absolute Gasteiger partial charge is 0.369 e. The number of benzene rings is 2. The van der Waals surface area contributed by atoms with Crippen LogP contribution in [0.2, 0.25) is 0 Å². The second-order valence-corrected chi connectivity index (χ2v) is 9.23.